The summed E-state index contributed by atoms with van der Waals surface area (Å²) < 4.78 is 9.52. The summed E-state index contributed by atoms with van der Waals surface area (Å²) in [6.07, 6.45) is 0. The first-order valence-corrected chi connectivity index (χ1v) is 5.67. The summed E-state index contributed by atoms with van der Waals surface area (Å²) in [4.78, 5) is 11.1. The first kappa shape index (κ1) is 15.6. The van der Waals surface area contributed by atoms with Crippen LogP contribution < -0.4 is 0 Å². The van der Waals surface area contributed by atoms with E-state index in [4.69, 9.17) is 9.84 Å². The van der Waals surface area contributed by atoms with Gasteiger partial charge in [-0.15, -0.1) is 0 Å². The highest BCUT2D eigenvalue weighted by atomic mass is 16.5. The van der Waals surface area contributed by atoms with Gasteiger partial charge in [-0.2, -0.15) is 0 Å². The second-order valence-electron chi connectivity index (χ2n) is 3.01. The maximum absolute atomic E-state index is 11.1. The van der Waals surface area contributed by atoms with Crippen molar-refractivity contribution in [3.8, 4) is 0 Å². The van der Waals surface area contributed by atoms with E-state index in [1.165, 1.54) is 0 Å². The molecule has 1 aromatic carbocycles. The van der Waals surface area contributed by atoms with Gasteiger partial charge in [0.15, 0.2) is 0 Å². The quantitative estimate of drug-likeness (QED) is 0.798. The van der Waals surface area contributed by atoms with Crippen LogP contribution in [-0.2, 0) is 9.47 Å². The molecule has 0 aromatic heterocycles. The van der Waals surface area contributed by atoms with E-state index < -0.39 is 5.97 Å². The van der Waals surface area contributed by atoms with Crippen LogP contribution in [0, 0.1) is 0 Å². The van der Waals surface area contributed by atoms with E-state index >= 15 is 0 Å². The number of aliphatic hydroxyl groups excluding tert-OH is 1. The Bertz CT molecular complexity index is 283. The molecule has 0 radical (unpaired) electrons. The highest BCUT2D eigenvalue weighted by Crippen LogP contribution is 2.00. The highest BCUT2D eigenvalue weighted by molar-refractivity contribution is 5.89. The third-order valence-electron chi connectivity index (χ3n) is 1.74. The first-order valence-electron chi connectivity index (χ1n) is 5.67. The molecule has 1 aromatic rings. The molecule has 0 amide bonds. The Kier molecular flexibility index (Phi) is 10.2. The van der Waals surface area contributed by atoms with Crippen molar-refractivity contribution >= 4 is 5.97 Å². The monoisotopic (exact) mass is 240 g/mol. The van der Waals surface area contributed by atoms with Gasteiger partial charge >= 0.3 is 5.97 Å². The summed E-state index contributed by atoms with van der Waals surface area (Å²) in [7, 11) is 0. The number of carbonyl (C=O) groups is 1. The Morgan fingerprint density at radius 2 is 1.76 bits per heavy atom. The van der Waals surface area contributed by atoms with Gasteiger partial charge in [-0.25, -0.2) is 4.79 Å². The Labute approximate surface area is 102 Å². The standard InChI is InChI=1S/C9H10O3.C4H10O/c10-6-7-12-9(11)8-4-2-1-3-5-8;1-3-5-4-2/h1-5,10H,6-7H2;3-4H2,1-2H3. The Morgan fingerprint density at radius 3 is 2.18 bits per heavy atom. The molecule has 0 spiro atoms. The summed E-state index contributed by atoms with van der Waals surface area (Å²) >= 11 is 0. The van der Waals surface area contributed by atoms with Crippen molar-refractivity contribution in [1.82, 2.24) is 0 Å². The molecule has 1 N–H and O–H groups in total. The van der Waals surface area contributed by atoms with E-state index in [-0.39, 0.29) is 13.2 Å². The fraction of sp³-hybridized carbons (Fsp3) is 0.462. The number of hydrogen-bond donors (Lipinski definition) is 1. The molecule has 1 rings (SSSR count). The lowest BCUT2D eigenvalue weighted by molar-refractivity contribution is 0.0434. The summed E-state index contributed by atoms with van der Waals surface area (Å²) in [6.45, 7) is 5.58. The van der Waals surface area contributed by atoms with Crippen LogP contribution in [0.25, 0.3) is 0 Å². The van der Waals surface area contributed by atoms with Crippen LogP contribution in [0.3, 0.4) is 0 Å². The van der Waals surface area contributed by atoms with Gasteiger partial charge in [-0.05, 0) is 26.0 Å². The van der Waals surface area contributed by atoms with Crippen molar-refractivity contribution < 1.29 is 19.4 Å². The minimum atomic E-state index is -0.398. The number of carbonyl (C=O) groups excluding carboxylic acids is 1. The van der Waals surface area contributed by atoms with Crippen molar-refractivity contribution in [2.75, 3.05) is 26.4 Å². The third-order valence-corrected chi connectivity index (χ3v) is 1.74. The Balaban J connectivity index is 0.000000437. The van der Waals surface area contributed by atoms with Crippen LogP contribution in [0.2, 0.25) is 0 Å². The molecular weight excluding hydrogens is 220 g/mol. The Hall–Kier alpha value is -1.39. The predicted molar refractivity (Wildman–Crippen MR) is 66.0 cm³/mol. The number of ether oxygens (including phenoxy) is 2. The molecule has 0 aliphatic heterocycles. The van der Waals surface area contributed by atoms with Gasteiger partial charge in [0, 0.05) is 13.2 Å². The number of esters is 1. The van der Waals surface area contributed by atoms with Crippen molar-refractivity contribution in [2.24, 2.45) is 0 Å². The van der Waals surface area contributed by atoms with Gasteiger partial charge < -0.3 is 14.6 Å². The molecule has 0 unspecified atom stereocenters. The smallest absolute Gasteiger partial charge is 0.338 e. The second kappa shape index (κ2) is 11.1. The van der Waals surface area contributed by atoms with Gasteiger partial charge in [-0.1, -0.05) is 18.2 Å². The normalized spacial score (nSPS) is 9.12. The van der Waals surface area contributed by atoms with E-state index in [0.29, 0.717) is 5.56 Å². The SMILES string of the molecule is CCOCC.O=C(OCCO)c1ccccc1. The number of rotatable bonds is 5. The zero-order chi connectivity index (χ0) is 12.9. The van der Waals surface area contributed by atoms with Crippen molar-refractivity contribution in [3.63, 3.8) is 0 Å². The summed E-state index contributed by atoms with van der Waals surface area (Å²) in [5.74, 6) is -0.398. The van der Waals surface area contributed by atoms with E-state index in [9.17, 15) is 4.79 Å². The largest absolute Gasteiger partial charge is 0.460 e. The maximum Gasteiger partial charge on any atom is 0.338 e. The molecule has 0 bridgehead atoms. The molecule has 0 aliphatic rings. The zero-order valence-electron chi connectivity index (χ0n) is 10.4. The molecule has 4 nitrogen and oxygen atoms in total. The maximum atomic E-state index is 11.1. The molecule has 0 aliphatic carbocycles. The van der Waals surface area contributed by atoms with Gasteiger partial charge in [0.1, 0.15) is 6.61 Å². The van der Waals surface area contributed by atoms with Crippen LogP contribution >= 0.6 is 0 Å². The van der Waals surface area contributed by atoms with Crippen LogP contribution in [0.15, 0.2) is 30.3 Å². The topological polar surface area (TPSA) is 55.8 Å². The number of aliphatic hydroxyl groups is 1. The van der Waals surface area contributed by atoms with Gasteiger partial charge in [0.05, 0.1) is 12.2 Å². The van der Waals surface area contributed by atoms with Gasteiger partial charge in [0.25, 0.3) is 0 Å². The molecular formula is C13H20O4. The van der Waals surface area contributed by atoms with Gasteiger partial charge in [-0.3, -0.25) is 0 Å². The van der Waals surface area contributed by atoms with Crippen LogP contribution in [-0.4, -0.2) is 37.5 Å². The first-order chi connectivity index (χ1) is 8.26. The van der Waals surface area contributed by atoms with Crippen LogP contribution in [0.4, 0.5) is 0 Å². The second-order valence-corrected chi connectivity index (χ2v) is 3.01. The lowest BCUT2D eigenvalue weighted by atomic mass is 10.2. The number of hydrogen-bond acceptors (Lipinski definition) is 4. The molecule has 0 saturated heterocycles. The van der Waals surface area contributed by atoms with Crippen LogP contribution in [0.5, 0.6) is 0 Å². The fourth-order valence-electron chi connectivity index (χ4n) is 1.00. The van der Waals surface area contributed by atoms with Crippen molar-refractivity contribution in [1.29, 1.82) is 0 Å². The van der Waals surface area contributed by atoms with Crippen molar-refractivity contribution in [3.05, 3.63) is 35.9 Å². The number of benzene rings is 1. The van der Waals surface area contributed by atoms with E-state index in [1.54, 1.807) is 24.3 Å². The predicted octanol–water partition coefficient (Wildman–Crippen LogP) is 1.88. The molecule has 0 atom stereocenters. The van der Waals surface area contributed by atoms with E-state index in [0.717, 1.165) is 13.2 Å². The summed E-state index contributed by atoms with van der Waals surface area (Å²) in [6, 6.07) is 8.67. The molecule has 17 heavy (non-hydrogen) atoms. The molecule has 0 fully saturated rings. The highest BCUT2D eigenvalue weighted by Gasteiger charge is 2.03. The average Bonchev–Trinajstić information content (AvgIpc) is 2.38. The van der Waals surface area contributed by atoms with E-state index in [1.807, 2.05) is 19.9 Å². The van der Waals surface area contributed by atoms with Crippen LogP contribution in [0.1, 0.15) is 24.2 Å². The molecule has 0 saturated carbocycles. The van der Waals surface area contributed by atoms with E-state index in [2.05, 4.69) is 4.74 Å². The summed E-state index contributed by atoms with van der Waals surface area (Å²) in [5.41, 5.74) is 0.506. The molecule has 4 heteroatoms. The Morgan fingerprint density at radius 1 is 1.18 bits per heavy atom. The lowest BCUT2D eigenvalue weighted by Gasteiger charge is -2.00. The molecule has 0 heterocycles. The minimum absolute atomic E-state index is 0.0493. The minimum Gasteiger partial charge on any atom is -0.460 e. The zero-order valence-corrected chi connectivity index (χ0v) is 10.4. The van der Waals surface area contributed by atoms with Gasteiger partial charge in [0.2, 0.25) is 0 Å². The van der Waals surface area contributed by atoms with Crippen molar-refractivity contribution in [2.45, 2.75) is 13.8 Å². The summed E-state index contributed by atoms with van der Waals surface area (Å²) in [5, 5.41) is 8.38. The lowest BCUT2D eigenvalue weighted by Crippen LogP contribution is -2.08. The average molecular weight is 240 g/mol. The fourth-order valence-corrected chi connectivity index (χ4v) is 1.00. The molecule has 96 valence electrons. The third kappa shape index (κ3) is 8.42.